The van der Waals surface area contributed by atoms with Crippen LogP contribution in [0.2, 0.25) is 0 Å². The van der Waals surface area contributed by atoms with Crippen LogP contribution in [0.1, 0.15) is 47.6 Å². The van der Waals surface area contributed by atoms with Crippen molar-refractivity contribution >= 4 is 5.91 Å². The summed E-state index contributed by atoms with van der Waals surface area (Å²) in [6.45, 7) is 2.69. The van der Waals surface area contributed by atoms with Crippen LogP contribution in [0.3, 0.4) is 0 Å². The van der Waals surface area contributed by atoms with Gasteiger partial charge in [0.1, 0.15) is 11.8 Å². The van der Waals surface area contributed by atoms with Crippen molar-refractivity contribution in [1.82, 2.24) is 20.5 Å². The Morgan fingerprint density at radius 3 is 3.08 bits per heavy atom. The molecule has 7 nitrogen and oxygen atoms in total. The molecule has 1 aliphatic heterocycles. The molecule has 0 radical (unpaired) electrons. The minimum atomic E-state index is -0.207. The SMILES string of the molecule is CCCc1cc(C(=O)N[C@H]2CCO[C@@H]2c2ccc(OC)nc2)n[nH]1. The van der Waals surface area contributed by atoms with E-state index in [2.05, 4.69) is 27.4 Å². The number of pyridine rings is 1. The number of hydrogen-bond donors (Lipinski definition) is 2. The van der Waals surface area contributed by atoms with Crippen molar-refractivity contribution in [3.8, 4) is 5.88 Å². The fourth-order valence-electron chi connectivity index (χ4n) is 2.86. The second-order valence-corrected chi connectivity index (χ2v) is 5.82. The molecule has 24 heavy (non-hydrogen) atoms. The minimum Gasteiger partial charge on any atom is -0.481 e. The van der Waals surface area contributed by atoms with Crippen LogP contribution in [0.15, 0.2) is 24.4 Å². The van der Waals surface area contributed by atoms with Crippen molar-refractivity contribution in [2.75, 3.05) is 13.7 Å². The monoisotopic (exact) mass is 330 g/mol. The zero-order chi connectivity index (χ0) is 16.9. The topological polar surface area (TPSA) is 89.1 Å². The predicted octanol–water partition coefficient (Wildman–Crippen LogP) is 2.03. The molecule has 7 heteroatoms. The van der Waals surface area contributed by atoms with Gasteiger partial charge in [0.05, 0.1) is 13.2 Å². The molecule has 1 aliphatic rings. The number of amides is 1. The molecule has 0 unspecified atom stereocenters. The molecule has 1 amide bonds. The molecule has 0 bridgehead atoms. The number of aryl methyl sites for hydroxylation is 1. The van der Waals surface area contributed by atoms with Crippen molar-refractivity contribution in [2.24, 2.45) is 0 Å². The lowest BCUT2D eigenvalue weighted by Gasteiger charge is -2.19. The molecule has 0 spiro atoms. The van der Waals surface area contributed by atoms with Crippen LogP contribution < -0.4 is 10.1 Å². The molecule has 0 aromatic carbocycles. The fourth-order valence-corrected chi connectivity index (χ4v) is 2.86. The summed E-state index contributed by atoms with van der Waals surface area (Å²) < 4.78 is 10.9. The van der Waals surface area contributed by atoms with Crippen LogP contribution in [-0.4, -0.2) is 40.8 Å². The first-order valence-corrected chi connectivity index (χ1v) is 8.18. The molecular formula is C17H22N4O3. The number of hydrogen-bond acceptors (Lipinski definition) is 5. The smallest absolute Gasteiger partial charge is 0.272 e. The summed E-state index contributed by atoms with van der Waals surface area (Å²) in [4.78, 5) is 16.6. The average Bonchev–Trinajstić information content (AvgIpc) is 3.25. The summed E-state index contributed by atoms with van der Waals surface area (Å²) in [5.74, 6) is 0.368. The lowest BCUT2D eigenvalue weighted by molar-refractivity contribution is 0.0816. The highest BCUT2D eigenvalue weighted by molar-refractivity contribution is 5.92. The summed E-state index contributed by atoms with van der Waals surface area (Å²) in [6, 6.07) is 5.41. The molecular weight excluding hydrogens is 308 g/mol. The van der Waals surface area contributed by atoms with Gasteiger partial charge >= 0.3 is 0 Å². The van der Waals surface area contributed by atoms with E-state index in [4.69, 9.17) is 9.47 Å². The molecule has 1 fully saturated rings. The van der Waals surface area contributed by atoms with E-state index in [1.807, 2.05) is 6.07 Å². The van der Waals surface area contributed by atoms with Gasteiger partial charge in [0, 0.05) is 30.1 Å². The second-order valence-electron chi connectivity index (χ2n) is 5.82. The Morgan fingerprint density at radius 2 is 2.38 bits per heavy atom. The van der Waals surface area contributed by atoms with Gasteiger partial charge in [-0.15, -0.1) is 0 Å². The van der Waals surface area contributed by atoms with E-state index in [0.717, 1.165) is 30.5 Å². The van der Waals surface area contributed by atoms with Crippen LogP contribution in [0, 0.1) is 0 Å². The third kappa shape index (κ3) is 3.56. The van der Waals surface area contributed by atoms with Crippen LogP contribution in [-0.2, 0) is 11.2 Å². The van der Waals surface area contributed by atoms with Gasteiger partial charge in [0.25, 0.3) is 5.91 Å². The van der Waals surface area contributed by atoms with Gasteiger partial charge in [-0.05, 0) is 25.0 Å². The van der Waals surface area contributed by atoms with E-state index in [0.29, 0.717) is 18.2 Å². The van der Waals surface area contributed by atoms with E-state index in [1.54, 1.807) is 25.4 Å². The quantitative estimate of drug-likeness (QED) is 0.846. The Morgan fingerprint density at radius 1 is 1.50 bits per heavy atom. The summed E-state index contributed by atoms with van der Waals surface area (Å²) in [5, 5.41) is 10.0. The number of aromatic amines is 1. The number of carbonyl (C=O) groups is 1. The number of rotatable bonds is 6. The number of ether oxygens (including phenoxy) is 2. The van der Waals surface area contributed by atoms with Crippen molar-refractivity contribution in [3.05, 3.63) is 41.3 Å². The lowest BCUT2D eigenvalue weighted by Crippen LogP contribution is -2.37. The maximum Gasteiger partial charge on any atom is 0.272 e. The van der Waals surface area contributed by atoms with Gasteiger partial charge < -0.3 is 14.8 Å². The molecule has 0 saturated carbocycles. The zero-order valence-corrected chi connectivity index (χ0v) is 13.9. The van der Waals surface area contributed by atoms with Gasteiger partial charge in [-0.25, -0.2) is 4.98 Å². The minimum absolute atomic E-state index is 0.0981. The molecule has 0 aliphatic carbocycles. The number of methoxy groups -OCH3 is 1. The maximum absolute atomic E-state index is 12.4. The molecule has 2 N–H and O–H groups in total. The summed E-state index contributed by atoms with van der Waals surface area (Å²) in [7, 11) is 1.58. The molecule has 1 saturated heterocycles. The fraction of sp³-hybridized carbons (Fsp3) is 0.471. The van der Waals surface area contributed by atoms with Gasteiger partial charge in [0.15, 0.2) is 0 Å². The Bertz CT molecular complexity index is 683. The highest BCUT2D eigenvalue weighted by Gasteiger charge is 2.31. The number of nitrogens with zero attached hydrogens (tertiary/aromatic N) is 2. The predicted molar refractivity (Wildman–Crippen MR) is 87.9 cm³/mol. The Kier molecular flexibility index (Phi) is 5.10. The zero-order valence-electron chi connectivity index (χ0n) is 13.9. The van der Waals surface area contributed by atoms with Crippen LogP contribution in [0.5, 0.6) is 5.88 Å². The Hall–Kier alpha value is -2.41. The first-order chi connectivity index (χ1) is 11.7. The molecule has 3 rings (SSSR count). The largest absolute Gasteiger partial charge is 0.481 e. The summed E-state index contributed by atoms with van der Waals surface area (Å²) in [5.41, 5.74) is 2.31. The number of aromatic nitrogens is 3. The Balaban J connectivity index is 1.67. The van der Waals surface area contributed by atoms with E-state index in [9.17, 15) is 4.79 Å². The lowest BCUT2D eigenvalue weighted by atomic mass is 10.0. The number of carbonyl (C=O) groups excluding carboxylic acids is 1. The van der Waals surface area contributed by atoms with Crippen LogP contribution in [0.25, 0.3) is 0 Å². The van der Waals surface area contributed by atoms with Gasteiger partial charge in [0.2, 0.25) is 5.88 Å². The van der Waals surface area contributed by atoms with E-state index >= 15 is 0 Å². The van der Waals surface area contributed by atoms with Gasteiger partial charge in [-0.2, -0.15) is 5.10 Å². The first-order valence-electron chi connectivity index (χ1n) is 8.18. The van der Waals surface area contributed by atoms with Crippen molar-refractivity contribution in [3.63, 3.8) is 0 Å². The molecule has 3 heterocycles. The van der Waals surface area contributed by atoms with Crippen LogP contribution in [0.4, 0.5) is 0 Å². The van der Waals surface area contributed by atoms with E-state index in [-0.39, 0.29) is 18.1 Å². The maximum atomic E-state index is 12.4. The average molecular weight is 330 g/mol. The number of nitrogens with one attached hydrogen (secondary N) is 2. The first kappa shape index (κ1) is 16.4. The van der Waals surface area contributed by atoms with Gasteiger partial charge in [-0.1, -0.05) is 13.3 Å². The van der Waals surface area contributed by atoms with Crippen molar-refractivity contribution in [1.29, 1.82) is 0 Å². The molecule has 2 aromatic rings. The molecule has 2 atom stereocenters. The second kappa shape index (κ2) is 7.44. The van der Waals surface area contributed by atoms with Gasteiger partial charge in [-0.3, -0.25) is 9.89 Å². The normalized spacial score (nSPS) is 20.1. The number of H-pyrrole nitrogens is 1. The van der Waals surface area contributed by atoms with E-state index < -0.39 is 0 Å². The summed E-state index contributed by atoms with van der Waals surface area (Å²) >= 11 is 0. The van der Waals surface area contributed by atoms with E-state index in [1.165, 1.54) is 0 Å². The summed E-state index contributed by atoms with van der Waals surface area (Å²) in [6.07, 6.45) is 4.16. The van der Waals surface area contributed by atoms with Crippen LogP contribution >= 0.6 is 0 Å². The third-order valence-electron chi connectivity index (χ3n) is 4.09. The molecule has 128 valence electrons. The van der Waals surface area contributed by atoms with Crippen molar-refractivity contribution < 1.29 is 14.3 Å². The van der Waals surface area contributed by atoms with Crippen molar-refractivity contribution in [2.45, 2.75) is 38.3 Å². The molecule has 2 aromatic heterocycles. The Labute approximate surface area is 140 Å². The highest BCUT2D eigenvalue weighted by Crippen LogP contribution is 2.29. The highest BCUT2D eigenvalue weighted by atomic mass is 16.5. The third-order valence-corrected chi connectivity index (χ3v) is 4.09. The standard InChI is InChI=1S/C17H22N4O3/c1-3-4-12-9-14(21-20-12)17(22)19-13-7-8-24-16(13)11-5-6-15(23-2)18-10-11/h5-6,9-10,13,16H,3-4,7-8H2,1-2H3,(H,19,22)(H,20,21)/t13-,16+/m0/s1.